The Bertz CT molecular complexity index is 1260. The molecule has 7 atom stereocenters. The molecule has 3 fully saturated rings. The topological polar surface area (TPSA) is 86.5 Å². The monoisotopic (exact) mass is 579 g/mol. The Morgan fingerprint density at radius 2 is 1.90 bits per heavy atom. The highest BCUT2D eigenvalue weighted by Crippen LogP contribution is 2.67. The number of carbonyl (C=O) groups excluding carboxylic acids is 1. The van der Waals surface area contributed by atoms with Crippen molar-refractivity contribution in [2.24, 2.45) is 40.4 Å². The minimum atomic E-state index is -4.81. The average Bonchev–Trinajstić information content (AvgIpc) is 3.44. The lowest BCUT2D eigenvalue weighted by Gasteiger charge is -2.60. The molecule has 3 aliphatic carbocycles. The van der Waals surface area contributed by atoms with Crippen LogP contribution in [0.25, 0.3) is 11.0 Å². The third-order valence-corrected chi connectivity index (χ3v) is 11.1. The summed E-state index contributed by atoms with van der Waals surface area (Å²) in [5, 5.41) is 18.9. The van der Waals surface area contributed by atoms with Crippen molar-refractivity contribution in [2.45, 2.75) is 97.6 Å². The number of ketones is 1. The number of aromatic nitrogens is 3. The van der Waals surface area contributed by atoms with Crippen LogP contribution in [0.4, 0.5) is 13.2 Å². The van der Waals surface area contributed by atoms with E-state index in [1.807, 2.05) is 13.8 Å². The Balaban J connectivity index is 1.36. The van der Waals surface area contributed by atoms with Gasteiger partial charge in [-0.25, -0.2) is 4.68 Å². The van der Waals surface area contributed by atoms with Crippen LogP contribution >= 0.6 is 0 Å². The fraction of sp³-hybridized carbons (Fsp3) is 0.774. The summed E-state index contributed by atoms with van der Waals surface area (Å²) in [4.78, 5) is 13.8. The molecule has 1 aromatic heterocycles. The lowest BCUT2D eigenvalue weighted by molar-refractivity contribution is -0.274. The number of fused-ring (bicyclic) bond motifs is 4. The molecule has 1 N–H and O–H groups in total. The standard InChI is InChI=1S/C31H44F3N3O4/c1-6-30(18-40-5)19(16-28(2,3)39)7-9-21-22-10-11-24(29(22,4)14-13-23(21)30)27(38)17-37-26-15-20(41-31(32,33)34)8-12-25(26)35-36-37/h8,12,15,19,21-24,39H,6-7,9-11,13-14,16-18H2,1-5H3/t19-,21-,22-,23-,24+,29-,30+/m0/s1. The predicted molar refractivity (Wildman–Crippen MR) is 148 cm³/mol. The zero-order chi connectivity index (χ0) is 29.8. The number of halogens is 3. The number of hydrogen-bond donors (Lipinski definition) is 1. The SMILES string of the molecule is CC[C@@]1(COC)[C@H](CC(C)(C)O)CC[C@H]2[C@@H]3CC[C@H](C(=O)Cn4nnc5ccc(OC(F)(F)F)cc54)[C@@]3(C)CC[C@@H]21. The lowest BCUT2D eigenvalue weighted by atomic mass is 9.45. The molecule has 10 heteroatoms. The van der Waals surface area contributed by atoms with Gasteiger partial charge in [0.25, 0.3) is 0 Å². The molecule has 2 aromatic rings. The summed E-state index contributed by atoms with van der Waals surface area (Å²) in [5.41, 5.74) is -0.0856. The molecule has 228 valence electrons. The van der Waals surface area contributed by atoms with Crippen LogP contribution in [-0.4, -0.2) is 51.6 Å². The molecule has 0 unspecified atom stereocenters. The van der Waals surface area contributed by atoms with Crippen molar-refractivity contribution in [1.29, 1.82) is 0 Å². The van der Waals surface area contributed by atoms with Crippen LogP contribution in [0.5, 0.6) is 5.75 Å². The van der Waals surface area contributed by atoms with E-state index in [0.717, 1.165) is 51.4 Å². The number of hydrogen-bond acceptors (Lipinski definition) is 6. The van der Waals surface area contributed by atoms with Crippen molar-refractivity contribution in [2.75, 3.05) is 13.7 Å². The second-order valence-corrected chi connectivity index (χ2v) is 13.8. The summed E-state index contributed by atoms with van der Waals surface area (Å²) < 4.78 is 49.7. The average molecular weight is 580 g/mol. The van der Waals surface area contributed by atoms with Gasteiger partial charge in [0, 0.05) is 19.1 Å². The number of methoxy groups -OCH3 is 1. The minimum absolute atomic E-state index is 0.0108. The zero-order valence-electron chi connectivity index (χ0n) is 24.8. The number of carbonyl (C=O) groups is 1. The molecule has 5 rings (SSSR count). The molecule has 0 amide bonds. The summed E-state index contributed by atoms with van der Waals surface area (Å²) in [5.74, 6) is 1.40. The number of ether oxygens (including phenoxy) is 2. The number of benzene rings is 1. The first-order valence-electron chi connectivity index (χ1n) is 15.0. The highest BCUT2D eigenvalue weighted by molar-refractivity contribution is 5.84. The summed E-state index contributed by atoms with van der Waals surface area (Å²) in [6.45, 7) is 9.02. The quantitative estimate of drug-likeness (QED) is 0.362. The Morgan fingerprint density at radius 1 is 1.15 bits per heavy atom. The lowest BCUT2D eigenvalue weighted by Crippen LogP contribution is -2.55. The molecule has 7 nitrogen and oxygen atoms in total. The number of rotatable bonds is 9. The van der Waals surface area contributed by atoms with Crippen molar-refractivity contribution in [3.05, 3.63) is 18.2 Å². The summed E-state index contributed by atoms with van der Waals surface area (Å²) in [7, 11) is 1.78. The first-order valence-corrected chi connectivity index (χ1v) is 15.0. The molecule has 1 heterocycles. The van der Waals surface area contributed by atoms with E-state index in [1.54, 1.807) is 7.11 Å². The highest BCUT2D eigenvalue weighted by Gasteiger charge is 2.61. The van der Waals surface area contributed by atoms with Crippen LogP contribution in [0.3, 0.4) is 0 Å². The van der Waals surface area contributed by atoms with Crippen LogP contribution in [0, 0.1) is 40.4 Å². The van der Waals surface area contributed by atoms with Gasteiger partial charge >= 0.3 is 6.36 Å². The molecular formula is C31H44F3N3O4. The van der Waals surface area contributed by atoms with E-state index in [9.17, 15) is 23.1 Å². The van der Waals surface area contributed by atoms with Gasteiger partial charge in [0.2, 0.25) is 0 Å². The molecule has 0 saturated heterocycles. The number of Topliss-reactive ketones (excluding diaryl/α,β-unsaturated/α-hetero) is 1. The fourth-order valence-corrected chi connectivity index (χ4v) is 9.49. The molecule has 0 bridgehead atoms. The number of alkyl halides is 3. The maximum Gasteiger partial charge on any atom is 0.573 e. The third kappa shape index (κ3) is 5.63. The van der Waals surface area contributed by atoms with E-state index < -0.39 is 12.0 Å². The largest absolute Gasteiger partial charge is 0.573 e. The molecule has 0 spiro atoms. The van der Waals surface area contributed by atoms with Crippen molar-refractivity contribution in [1.82, 2.24) is 15.0 Å². The Hall–Kier alpha value is -2.20. The Labute approximate surface area is 240 Å². The van der Waals surface area contributed by atoms with Crippen molar-refractivity contribution >= 4 is 16.8 Å². The van der Waals surface area contributed by atoms with Gasteiger partial charge in [-0.15, -0.1) is 18.3 Å². The van der Waals surface area contributed by atoms with Gasteiger partial charge in [0.05, 0.1) is 17.7 Å². The Morgan fingerprint density at radius 3 is 2.56 bits per heavy atom. The van der Waals surface area contributed by atoms with Gasteiger partial charge in [-0.1, -0.05) is 19.1 Å². The van der Waals surface area contributed by atoms with E-state index in [1.165, 1.54) is 22.9 Å². The minimum Gasteiger partial charge on any atom is -0.406 e. The first-order chi connectivity index (χ1) is 19.2. The molecule has 3 saturated carbocycles. The van der Waals surface area contributed by atoms with Gasteiger partial charge in [-0.2, -0.15) is 0 Å². The van der Waals surface area contributed by atoms with E-state index in [4.69, 9.17) is 4.74 Å². The second-order valence-electron chi connectivity index (χ2n) is 13.8. The predicted octanol–water partition coefficient (Wildman–Crippen LogP) is 6.57. The first kappa shape index (κ1) is 30.3. The van der Waals surface area contributed by atoms with Crippen LogP contribution < -0.4 is 4.74 Å². The van der Waals surface area contributed by atoms with Crippen LogP contribution in [0.1, 0.15) is 79.1 Å². The highest BCUT2D eigenvalue weighted by atomic mass is 19.4. The maximum absolute atomic E-state index is 13.8. The molecule has 0 aliphatic heterocycles. The van der Waals surface area contributed by atoms with E-state index in [2.05, 4.69) is 28.9 Å². The van der Waals surface area contributed by atoms with E-state index in [-0.39, 0.29) is 34.8 Å². The summed E-state index contributed by atoms with van der Waals surface area (Å²) in [6, 6.07) is 3.87. The van der Waals surface area contributed by atoms with Gasteiger partial charge < -0.3 is 14.6 Å². The van der Waals surface area contributed by atoms with Crippen molar-refractivity contribution < 1.29 is 32.5 Å². The van der Waals surface area contributed by atoms with Crippen LogP contribution in [0.15, 0.2) is 18.2 Å². The molecule has 1 aromatic carbocycles. The zero-order valence-corrected chi connectivity index (χ0v) is 24.8. The van der Waals surface area contributed by atoms with E-state index in [0.29, 0.717) is 41.3 Å². The fourth-order valence-electron chi connectivity index (χ4n) is 9.49. The van der Waals surface area contributed by atoms with Gasteiger partial charge in [-0.05, 0) is 112 Å². The van der Waals surface area contributed by atoms with Gasteiger partial charge in [0.15, 0.2) is 5.78 Å². The molecule has 41 heavy (non-hydrogen) atoms. The van der Waals surface area contributed by atoms with Crippen molar-refractivity contribution in [3.8, 4) is 5.75 Å². The molecule has 0 radical (unpaired) electrons. The van der Waals surface area contributed by atoms with Gasteiger partial charge in [0.1, 0.15) is 17.8 Å². The van der Waals surface area contributed by atoms with Crippen LogP contribution in [0.2, 0.25) is 0 Å². The van der Waals surface area contributed by atoms with Crippen LogP contribution in [-0.2, 0) is 16.1 Å². The smallest absolute Gasteiger partial charge is 0.406 e. The van der Waals surface area contributed by atoms with Gasteiger partial charge in [-0.3, -0.25) is 4.79 Å². The summed E-state index contributed by atoms with van der Waals surface area (Å²) in [6.07, 6.45) is 2.93. The molecular weight excluding hydrogens is 535 g/mol. The molecule has 3 aliphatic rings. The maximum atomic E-state index is 13.8. The van der Waals surface area contributed by atoms with E-state index >= 15 is 0 Å². The summed E-state index contributed by atoms with van der Waals surface area (Å²) >= 11 is 0. The second kappa shape index (κ2) is 10.8. The number of aliphatic hydroxyl groups is 1. The third-order valence-electron chi connectivity index (χ3n) is 11.1. The Kier molecular flexibility index (Phi) is 7.98. The number of nitrogens with zero attached hydrogens (tertiary/aromatic N) is 3. The normalized spacial score (nSPS) is 33.9. The van der Waals surface area contributed by atoms with Crippen molar-refractivity contribution in [3.63, 3.8) is 0 Å².